The van der Waals surface area contributed by atoms with E-state index in [-0.39, 0.29) is 20.7 Å². The fraction of sp³-hybridized carbons (Fsp3) is 0.400. The molecule has 0 saturated carbocycles. The van der Waals surface area contributed by atoms with Crippen LogP contribution in [0.1, 0.15) is 31.4 Å². The van der Waals surface area contributed by atoms with Crippen LogP contribution >= 0.6 is 20.7 Å². The van der Waals surface area contributed by atoms with E-state index in [9.17, 15) is 0 Å². The van der Waals surface area contributed by atoms with Crippen LogP contribution in [-0.2, 0) is 12.8 Å². The number of benzene rings is 1. The highest BCUT2D eigenvalue weighted by molar-refractivity contribution is 14.2. The van der Waals surface area contributed by atoms with Crippen molar-refractivity contribution in [1.82, 2.24) is 0 Å². The van der Waals surface area contributed by atoms with Gasteiger partial charge in [0.15, 0.2) is 0 Å². The molecular formula is C15H19I. The van der Waals surface area contributed by atoms with Gasteiger partial charge < -0.3 is 0 Å². The average molecular weight is 326 g/mol. The second-order valence-electron chi connectivity index (χ2n) is 4.22. The topological polar surface area (TPSA) is 0 Å². The molecule has 0 bridgehead atoms. The summed E-state index contributed by atoms with van der Waals surface area (Å²) < 4.78 is 3.35. The second-order valence-corrected chi connectivity index (χ2v) is 7.16. The Kier molecular flexibility index (Phi) is 4.33. The molecule has 1 aliphatic heterocycles. The number of allylic oxidation sites excluding steroid dienone is 2. The van der Waals surface area contributed by atoms with E-state index >= 15 is 0 Å². The highest BCUT2D eigenvalue weighted by Crippen LogP contribution is 2.25. The average Bonchev–Trinajstić information content (AvgIpc) is 2.78. The van der Waals surface area contributed by atoms with E-state index in [1.807, 2.05) is 0 Å². The monoisotopic (exact) mass is 326 g/mol. The van der Waals surface area contributed by atoms with Crippen LogP contribution in [0.2, 0.25) is 0 Å². The van der Waals surface area contributed by atoms with E-state index < -0.39 is 0 Å². The minimum absolute atomic E-state index is 0.275. The van der Waals surface area contributed by atoms with Crippen LogP contribution < -0.4 is 0 Å². The largest absolute Gasteiger partial charge is 0.114 e. The Morgan fingerprint density at radius 2 is 1.69 bits per heavy atom. The number of rotatable bonds is 4. The lowest BCUT2D eigenvalue weighted by atomic mass is 10.0. The summed E-state index contributed by atoms with van der Waals surface area (Å²) in [5.74, 6) is 0. The van der Waals surface area contributed by atoms with Crippen molar-refractivity contribution in [1.29, 1.82) is 0 Å². The molecule has 86 valence electrons. The molecule has 1 aromatic carbocycles. The molecule has 0 aliphatic carbocycles. The molecule has 1 unspecified atom stereocenters. The van der Waals surface area contributed by atoms with E-state index in [4.69, 9.17) is 0 Å². The zero-order valence-corrected chi connectivity index (χ0v) is 12.2. The third kappa shape index (κ3) is 3.03. The first-order valence-corrected chi connectivity index (χ1v) is 8.54. The smallest absolute Gasteiger partial charge is 0.0288 e. The standard InChI is InChI=1S/C15H19I/c1-3-12-5-7-14(8-6-12)10-15-9-13(4-2)11-16-15/h5-9,11,15H,3-4,10H2,1-2H3. The maximum absolute atomic E-state index is 2.50. The summed E-state index contributed by atoms with van der Waals surface area (Å²) in [7, 11) is 0. The normalized spacial score (nSPS) is 19.4. The molecule has 0 aromatic heterocycles. The van der Waals surface area contributed by atoms with Crippen LogP contribution in [0.3, 0.4) is 0 Å². The van der Waals surface area contributed by atoms with E-state index in [1.165, 1.54) is 24.0 Å². The summed E-state index contributed by atoms with van der Waals surface area (Å²) >= 11 is 0.275. The Morgan fingerprint density at radius 1 is 1.00 bits per heavy atom. The molecule has 0 nitrogen and oxygen atoms in total. The maximum atomic E-state index is 2.50. The zero-order chi connectivity index (χ0) is 11.4. The second kappa shape index (κ2) is 5.76. The van der Waals surface area contributed by atoms with Crippen molar-refractivity contribution in [3.8, 4) is 0 Å². The summed E-state index contributed by atoms with van der Waals surface area (Å²) in [4.78, 5) is 0. The van der Waals surface area contributed by atoms with Gasteiger partial charge in [0, 0.05) is 3.92 Å². The Bertz CT molecular complexity index is 398. The van der Waals surface area contributed by atoms with Gasteiger partial charge in [-0.3, -0.25) is 0 Å². The van der Waals surface area contributed by atoms with E-state index in [0.717, 1.165) is 10.3 Å². The van der Waals surface area contributed by atoms with Crippen molar-refractivity contribution in [2.45, 2.75) is 37.0 Å². The van der Waals surface area contributed by atoms with Gasteiger partial charge in [0.1, 0.15) is 0 Å². The molecular weight excluding hydrogens is 307 g/mol. The van der Waals surface area contributed by atoms with Crippen molar-refractivity contribution >= 4 is 24.7 Å². The third-order valence-corrected chi connectivity index (χ3v) is 5.91. The molecule has 0 fully saturated rings. The fourth-order valence-corrected chi connectivity index (χ4v) is 4.91. The molecule has 0 radical (unpaired) electrons. The van der Waals surface area contributed by atoms with Crippen LogP contribution in [0.5, 0.6) is 0 Å². The van der Waals surface area contributed by atoms with Gasteiger partial charge in [-0.15, -0.1) is 20.7 Å². The highest BCUT2D eigenvalue weighted by Gasteiger charge is 2.09. The number of aryl methyl sites for hydroxylation is 1. The Hall–Kier alpha value is -0.440. The van der Waals surface area contributed by atoms with Gasteiger partial charge in [0.05, 0.1) is 0 Å². The minimum atomic E-state index is 0.275. The van der Waals surface area contributed by atoms with Crippen LogP contribution in [0.25, 0.3) is 0 Å². The van der Waals surface area contributed by atoms with Crippen molar-refractivity contribution in [3.63, 3.8) is 0 Å². The van der Waals surface area contributed by atoms with Gasteiger partial charge in [0.2, 0.25) is 0 Å². The van der Waals surface area contributed by atoms with Crippen molar-refractivity contribution in [3.05, 3.63) is 47.0 Å². The summed E-state index contributed by atoms with van der Waals surface area (Å²) in [5.41, 5.74) is 4.54. The molecule has 1 heterocycles. The predicted molar refractivity (Wildman–Crippen MR) is 81.8 cm³/mol. The highest BCUT2D eigenvalue weighted by atomic mass is 127. The van der Waals surface area contributed by atoms with E-state index in [1.54, 1.807) is 5.57 Å². The lowest BCUT2D eigenvalue weighted by molar-refractivity contribution is 1.03. The van der Waals surface area contributed by atoms with Crippen LogP contribution in [0.4, 0.5) is 0 Å². The molecule has 1 aromatic rings. The summed E-state index contributed by atoms with van der Waals surface area (Å²) in [6.45, 7) is 4.47. The van der Waals surface area contributed by atoms with Gasteiger partial charge in [0.25, 0.3) is 0 Å². The molecule has 1 heteroatoms. The summed E-state index contributed by atoms with van der Waals surface area (Å²) in [6, 6.07) is 9.16. The third-order valence-electron chi connectivity index (χ3n) is 3.03. The maximum Gasteiger partial charge on any atom is 0.0288 e. The zero-order valence-electron chi connectivity index (χ0n) is 10.0. The van der Waals surface area contributed by atoms with Crippen LogP contribution in [0.15, 0.2) is 35.9 Å². The van der Waals surface area contributed by atoms with Crippen molar-refractivity contribution in [2.75, 3.05) is 0 Å². The quantitative estimate of drug-likeness (QED) is 0.572. The molecule has 0 N–H and O–H groups in total. The molecule has 0 amide bonds. The lowest BCUT2D eigenvalue weighted by Crippen LogP contribution is -1.98. The fourth-order valence-electron chi connectivity index (χ4n) is 1.90. The first-order valence-electron chi connectivity index (χ1n) is 6.05. The van der Waals surface area contributed by atoms with Gasteiger partial charge >= 0.3 is 0 Å². The van der Waals surface area contributed by atoms with E-state index in [2.05, 4.69) is 48.2 Å². The molecule has 0 spiro atoms. The van der Waals surface area contributed by atoms with Gasteiger partial charge in [-0.1, -0.05) is 44.2 Å². The van der Waals surface area contributed by atoms with Crippen LogP contribution in [0, 0.1) is 0 Å². The van der Waals surface area contributed by atoms with Crippen molar-refractivity contribution in [2.24, 2.45) is 0 Å². The number of hydrogen-bond acceptors (Lipinski definition) is 0. The van der Waals surface area contributed by atoms with Crippen LogP contribution in [-0.4, -0.2) is 7.94 Å². The number of alkyl halides is 1. The van der Waals surface area contributed by atoms with Gasteiger partial charge in [-0.2, -0.15) is 0 Å². The SMILES string of the molecule is CCC1=CC(Cc2ccc(CC)cc2)I=C1. The molecule has 1 aliphatic rings. The summed E-state index contributed by atoms with van der Waals surface area (Å²) in [5, 5.41) is 0. The minimum Gasteiger partial charge on any atom is -0.114 e. The van der Waals surface area contributed by atoms with E-state index in [0.29, 0.717) is 0 Å². The summed E-state index contributed by atoms with van der Waals surface area (Å²) in [6.07, 6.45) is 6.10. The molecule has 1 atom stereocenters. The molecule has 16 heavy (non-hydrogen) atoms. The van der Waals surface area contributed by atoms with Crippen molar-refractivity contribution < 1.29 is 0 Å². The van der Waals surface area contributed by atoms with Gasteiger partial charge in [-0.05, 0) is 40.0 Å². The Labute approximate surface area is 109 Å². The first-order chi connectivity index (χ1) is 7.81. The Balaban J connectivity index is 2.00. The Morgan fingerprint density at radius 3 is 2.25 bits per heavy atom. The van der Waals surface area contributed by atoms with Gasteiger partial charge in [-0.25, -0.2) is 0 Å². The molecule has 2 rings (SSSR count). The predicted octanol–water partition coefficient (Wildman–Crippen LogP) is 4.28. The lowest BCUT2D eigenvalue weighted by Gasteiger charge is -2.05. The number of hydrogen-bond donors (Lipinski definition) is 0. The first kappa shape index (κ1) is 12.0. The molecule has 0 saturated heterocycles. The number of halogens is 1.